The molecule has 0 saturated carbocycles. The molecule has 1 aliphatic heterocycles. The van der Waals surface area contributed by atoms with Crippen LogP contribution in [0, 0.1) is 10.1 Å². The van der Waals surface area contributed by atoms with Gasteiger partial charge in [-0.3, -0.25) is 15.1 Å². The van der Waals surface area contributed by atoms with Gasteiger partial charge in [-0.2, -0.15) is 0 Å². The number of rotatable bonds is 7. The number of nitrogens with zero attached hydrogens (tertiary/aromatic N) is 4. The maximum absolute atomic E-state index is 11.7. The summed E-state index contributed by atoms with van der Waals surface area (Å²) in [7, 11) is 0. The number of ether oxygens (including phenoxy) is 1. The first-order valence-electron chi connectivity index (χ1n) is 8.46. The smallest absolute Gasteiger partial charge is 0.334 e. The maximum Gasteiger partial charge on any atom is 0.334 e. The summed E-state index contributed by atoms with van der Waals surface area (Å²) in [6, 6.07) is 7.31. The van der Waals surface area contributed by atoms with Crippen LogP contribution in [0.5, 0.6) is 0 Å². The lowest BCUT2D eigenvalue weighted by molar-refractivity contribution is -0.383. The van der Waals surface area contributed by atoms with Crippen LogP contribution in [0.15, 0.2) is 30.5 Å². The van der Waals surface area contributed by atoms with Crippen molar-refractivity contribution < 1.29 is 9.66 Å². The molecular weight excluding hydrogens is 358 g/mol. The fourth-order valence-electron chi connectivity index (χ4n) is 2.87. The van der Waals surface area contributed by atoms with E-state index in [1.807, 2.05) is 23.1 Å². The third-order valence-corrected chi connectivity index (χ3v) is 4.30. The normalized spacial score (nSPS) is 14.3. The van der Waals surface area contributed by atoms with Crippen molar-refractivity contribution in [3.8, 4) is 0 Å². The maximum atomic E-state index is 11.7. The van der Waals surface area contributed by atoms with Crippen molar-refractivity contribution in [1.82, 2.24) is 9.97 Å². The number of pyridine rings is 2. The topological polar surface area (TPSA) is 93.4 Å². The van der Waals surface area contributed by atoms with Gasteiger partial charge in [-0.05, 0) is 25.0 Å². The molecule has 2 aromatic heterocycles. The Balaban J connectivity index is 1.73. The molecule has 0 unspecified atom stereocenters. The standard InChI is InChI=1S/C17H20ClN5O3/c18-15-12-14(22-8-10-26-11-9-22)16(23(24)25)17(21-15)20-7-3-5-13-4-1-2-6-19-13/h1-2,4,6,12H,3,5,7-11H2,(H,20,21). The minimum Gasteiger partial charge on any atom is -0.378 e. The summed E-state index contributed by atoms with van der Waals surface area (Å²) in [5.74, 6) is 0.199. The summed E-state index contributed by atoms with van der Waals surface area (Å²) < 4.78 is 5.32. The van der Waals surface area contributed by atoms with Gasteiger partial charge in [-0.1, -0.05) is 17.7 Å². The number of anilines is 2. The fraction of sp³-hybridized carbons (Fsp3) is 0.412. The molecule has 138 valence electrons. The van der Waals surface area contributed by atoms with Crippen LogP contribution in [0.1, 0.15) is 12.1 Å². The number of nitrogens with one attached hydrogen (secondary N) is 1. The number of hydrogen-bond donors (Lipinski definition) is 1. The first-order chi connectivity index (χ1) is 12.6. The van der Waals surface area contributed by atoms with Crippen molar-refractivity contribution in [2.45, 2.75) is 12.8 Å². The summed E-state index contributed by atoms with van der Waals surface area (Å²) in [6.07, 6.45) is 3.30. The summed E-state index contributed by atoms with van der Waals surface area (Å²) >= 11 is 6.11. The Labute approximate surface area is 156 Å². The van der Waals surface area contributed by atoms with Crippen LogP contribution in [0.3, 0.4) is 0 Å². The SMILES string of the molecule is O=[N+]([O-])c1c(N2CCOCC2)cc(Cl)nc1NCCCc1ccccn1. The van der Waals surface area contributed by atoms with Gasteiger partial charge in [-0.25, -0.2) is 4.98 Å². The molecule has 0 aliphatic carbocycles. The Hall–Kier alpha value is -2.45. The van der Waals surface area contributed by atoms with E-state index in [9.17, 15) is 10.1 Å². The van der Waals surface area contributed by atoms with Crippen molar-refractivity contribution in [3.63, 3.8) is 0 Å². The average Bonchev–Trinajstić information content (AvgIpc) is 2.66. The van der Waals surface area contributed by atoms with Crippen molar-refractivity contribution in [3.05, 3.63) is 51.4 Å². The van der Waals surface area contributed by atoms with Crippen molar-refractivity contribution in [2.24, 2.45) is 0 Å². The van der Waals surface area contributed by atoms with Gasteiger partial charge in [0.2, 0.25) is 5.82 Å². The Morgan fingerprint density at radius 3 is 2.85 bits per heavy atom. The summed E-state index contributed by atoms with van der Waals surface area (Å²) in [6.45, 7) is 2.77. The van der Waals surface area contributed by atoms with Gasteiger partial charge in [0, 0.05) is 37.6 Å². The molecule has 1 saturated heterocycles. The molecule has 9 heteroatoms. The summed E-state index contributed by atoms with van der Waals surface area (Å²) in [4.78, 5) is 21.6. The van der Waals surface area contributed by atoms with E-state index in [0.717, 1.165) is 18.5 Å². The molecule has 3 rings (SSSR count). The van der Waals surface area contributed by atoms with Crippen LogP contribution < -0.4 is 10.2 Å². The molecule has 0 radical (unpaired) electrons. The van der Waals surface area contributed by atoms with E-state index in [4.69, 9.17) is 16.3 Å². The van der Waals surface area contributed by atoms with Crippen LogP contribution in [-0.4, -0.2) is 47.7 Å². The van der Waals surface area contributed by atoms with Crippen LogP contribution in [0.25, 0.3) is 0 Å². The van der Waals surface area contributed by atoms with Gasteiger partial charge < -0.3 is 15.0 Å². The summed E-state index contributed by atoms with van der Waals surface area (Å²) in [5, 5.41) is 15.0. The second kappa shape index (κ2) is 8.77. The summed E-state index contributed by atoms with van der Waals surface area (Å²) in [5.41, 5.74) is 1.41. The molecule has 1 N–H and O–H groups in total. The largest absolute Gasteiger partial charge is 0.378 e. The van der Waals surface area contributed by atoms with E-state index in [1.165, 1.54) is 0 Å². The van der Waals surface area contributed by atoms with E-state index < -0.39 is 4.92 Å². The number of nitro groups is 1. The van der Waals surface area contributed by atoms with E-state index in [-0.39, 0.29) is 16.7 Å². The molecule has 0 amide bonds. The molecule has 1 fully saturated rings. The Bertz CT molecular complexity index is 754. The second-order valence-corrected chi connectivity index (χ2v) is 6.26. The molecular formula is C17H20ClN5O3. The van der Waals surface area contributed by atoms with Gasteiger partial charge in [-0.15, -0.1) is 0 Å². The predicted molar refractivity (Wildman–Crippen MR) is 100.0 cm³/mol. The van der Waals surface area contributed by atoms with Crippen LogP contribution in [-0.2, 0) is 11.2 Å². The number of aryl methyl sites for hydroxylation is 1. The van der Waals surface area contributed by atoms with Gasteiger partial charge >= 0.3 is 5.69 Å². The van der Waals surface area contributed by atoms with Crippen molar-refractivity contribution >= 4 is 28.8 Å². The number of morpholine rings is 1. The minimum absolute atomic E-state index is 0.0471. The highest BCUT2D eigenvalue weighted by Crippen LogP contribution is 2.36. The van der Waals surface area contributed by atoms with E-state index in [1.54, 1.807) is 12.3 Å². The molecule has 26 heavy (non-hydrogen) atoms. The Morgan fingerprint density at radius 2 is 2.15 bits per heavy atom. The molecule has 0 spiro atoms. The lowest BCUT2D eigenvalue weighted by Crippen LogP contribution is -2.36. The van der Waals surface area contributed by atoms with E-state index in [2.05, 4.69) is 15.3 Å². The lowest BCUT2D eigenvalue weighted by atomic mass is 10.2. The zero-order valence-corrected chi connectivity index (χ0v) is 15.0. The van der Waals surface area contributed by atoms with Crippen LogP contribution >= 0.6 is 11.6 Å². The molecule has 0 atom stereocenters. The lowest BCUT2D eigenvalue weighted by Gasteiger charge is -2.28. The van der Waals surface area contributed by atoms with Crippen LogP contribution in [0.2, 0.25) is 5.15 Å². The monoisotopic (exact) mass is 377 g/mol. The van der Waals surface area contributed by atoms with E-state index >= 15 is 0 Å². The first kappa shape index (κ1) is 18.3. The second-order valence-electron chi connectivity index (χ2n) is 5.87. The molecule has 2 aromatic rings. The molecule has 0 aromatic carbocycles. The predicted octanol–water partition coefficient (Wildman–Crippen LogP) is 2.92. The number of halogens is 1. The van der Waals surface area contributed by atoms with Gasteiger partial charge in [0.15, 0.2) is 0 Å². The Morgan fingerprint density at radius 1 is 1.35 bits per heavy atom. The third kappa shape index (κ3) is 4.59. The minimum atomic E-state index is -0.408. The highest BCUT2D eigenvalue weighted by atomic mass is 35.5. The Kier molecular flexibility index (Phi) is 6.19. The van der Waals surface area contributed by atoms with Gasteiger partial charge in [0.25, 0.3) is 0 Å². The molecule has 0 bridgehead atoms. The quantitative estimate of drug-likeness (QED) is 0.343. The highest BCUT2D eigenvalue weighted by Gasteiger charge is 2.27. The van der Waals surface area contributed by atoms with Gasteiger partial charge in [0.05, 0.1) is 18.1 Å². The molecule has 1 aliphatic rings. The zero-order chi connectivity index (χ0) is 18.4. The van der Waals surface area contributed by atoms with Gasteiger partial charge in [0.1, 0.15) is 10.8 Å². The van der Waals surface area contributed by atoms with E-state index in [0.29, 0.717) is 38.5 Å². The number of hydrogen-bond acceptors (Lipinski definition) is 7. The average molecular weight is 378 g/mol. The third-order valence-electron chi connectivity index (χ3n) is 4.10. The first-order valence-corrected chi connectivity index (χ1v) is 8.84. The highest BCUT2D eigenvalue weighted by molar-refractivity contribution is 6.30. The number of aromatic nitrogens is 2. The van der Waals surface area contributed by atoms with Crippen molar-refractivity contribution in [1.29, 1.82) is 0 Å². The zero-order valence-electron chi connectivity index (χ0n) is 14.2. The molecule has 3 heterocycles. The van der Waals surface area contributed by atoms with Crippen molar-refractivity contribution in [2.75, 3.05) is 43.1 Å². The molecule has 8 nitrogen and oxygen atoms in total. The van der Waals surface area contributed by atoms with Crippen LogP contribution in [0.4, 0.5) is 17.2 Å². The fourth-order valence-corrected chi connectivity index (χ4v) is 3.05.